The van der Waals surface area contributed by atoms with Crippen molar-refractivity contribution < 1.29 is 0 Å². The van der Waals surface area contributed by atoms with Crippen molar-refractivity contribution >= 4 is 0 Å². The summed E-state index contributed by atoms with van der Waals surface area (Å²) in [5.74, 6) is 1.91. The molecule has 0 heterocycles. The van der Waals surface area contributed by atoms with Crippen LogP contribution in [0.5, 0.6) is 0 Å². The maximum Gasteiger partial charge on any atom is 0.0429 e. The highest BCUT2D eigenvalue weighted by Gasteiger charge is 2.30. The van der Waals surface area contributed by atoms with Crippen LogP contribution in [0.4, 0.5) is 0 Å². The molecular weight excluding hydrogens is 256 g/mol. The molecule has 1 aromatic rings. The van der Waals surface area contributed by atoms with Gasteiger partial charge < -0.3 is 10.6 Å². The van der Waals surface area contributed by atoms with E-state index in [0.29, 0.717) is 0 Å². The number of hydrogen-bond donors (Lipinski definition) is 1. The summed E-state index contributed by atoms with van der Waals surface area (Å²) in [4.78, 5) is 2.65. The van der Waals surface area contributed by atoms with Gasteiger partial charge in [-0.15, -0.1) is 0 Å². The van der Waals surface area contributed by atoms with Gasteiger partial charge in [-0.1, -0.05) is 17.7 Å². The van der Waals surface area contributed by atoms with Gasteiger partial charge in [-0.05, 0) is 75.0 Å². The summed E-state index contributed by atoms with van der Waals surface area (Å²) < 4.78 is 0. The lowest BCUT2D eigenvalue weighted by molar-refractivity contribution is 0.237. The second kappa shape index (κ2) is 6.10. The minimum absolute atomic E-state index is 0.156. The van der Waals surface area contributed by atoms with E-state index in [2.05, 4.69) is 37.8 Å². The molecule has 1 aromatic carbocycles. The zero-order valence-corrected chi connectivity index (χ0v) is 13.9. The van der Waals surface area contributed by atoms with Crippen molar-refractivity contribution in [3.63, 3.8) is 0 Å². The first-order valence-electron chi connectivity index (χ1n) is 8.58. The number of aryl methyl sites for hydroxylation is 3. The summed E-state index contributed by atoms with van der Waals surface area (Å²) in [6.07, 6.45) is 5.72. The summed E-state index contributed by atoms with van der Waals surface area (Å²) >= 11 is 0. The Bertz CT molecular complexity index is 463. The van der Waals surface area contributed by atoms with Crippen LogP contribution in [0, 0.1) is 32.6 Å². The molecule has 2 aliphatic carbocycles. The summed E-state index contributed by atoms with van der Waals surface area (Å²) in [7, 11) is 0. The Kier molecular flexibility index (Phi) is 4.37. The third-order valence-electron chi connectivity index (χ3n) is 4.99. The lowest BCUT2D eigenvalue weighted by Crippen LogP contribution is -2.35. The van der Waals surface area contributed by atoms with Gasteiger partial charge in [0, 0.05) is 25.7 Å². The van der Waals surface area contributed by atoms with Crippen LogP contribution < -0.4 is 5.73 Å². The van der Waals surface area contributed by atoms with Gasteiger partial charge in [-0.3, -0.25) is 0 Å². The quantitative estimate of drug-likeness (QED) is 0.827. The lowest BCUT2D eigenvalue weighted by atomic mass is 9.94. The van der Waals surface area contributed by atoms with E-state index in [4.69, 9.17) is 5.73 Å². The first-order chi connectivity index (χ1) is 10.0. The van der Waals surface area contributed by atoms with E-state index in [1.807, 2.05) is 0 Å². The number of nitrogens with zero attached hydrogens (tertiary/aromatic N) is 1. The van der Waals surface area contributed by atoms with Crippen molar-refractivity contribution in [3.8, 4) is 0 Å². The van der Waals surface area contributed by atoms with E-state index >= 15 is 0 Å². The van der Waals surface area contributed by atoms with Gasteiger partial charge in [0.15, 0.2) is 0 Å². The third-order valence-corrected chi connectivity index (χ3v) is 4.99. The van der Waals surface area contributed by atoms with Crippen molar-refractivity contribution in [2.24, 2.45) is 17.6 Å². The molecule has 21 heavy (non-hydrogen) atoms. The molecule has 0 saturated heterocycles. The van der Waals surface area contributed by atoms with Crippen LogP contribution in [0.15, 0.2) is 12.1 Å². The highest BCUT2D eigenvalue weighted by Crippen LogP contribution is 2.34. The Morgan fingerprint density at radius 2 is 1.48 bits per heavy atom. The van der Waals surface area contributed by atoms with Crippen molar-refractivity contribution in [2.45, 2.75) is 52.5 Å². The van der Waals surface area contributed by atoms with Gasteiger partial charge in [-0.2, -0.15) is 0 Å². The Morgan fingerprint density at radius 3 is 1.90 bits per heavy atom. The molecule has 3 rings (SSSR count). The van der Waals surface area contributed by atoms with E-state index < -0.39 is 0 Å². The maximum absolute atomic E-state index is 6.60. The van der Waals surface area contributed by atoms with Crippen molar-refractivity contribution in [3.05, 3.63) is 34.4 Å². The largest absolute Gasteiger partial charge is 0.323 e. The van der Waals surface area contributed by atoms with Crippen LogP contribution in [-0.4, -0.2) is 24.5 Å². The minimum atomic E-state index is 0.156. The maximum atomic E-state index is 6.60. The van der Waals surface area contributed by atoms with E-state index in [9.17, 15) is 0 Å². The Balaban J connectivity index is 1.68. The van der Waals surface area contributed by atoms with Gasteiger partial charge >= 0.3 is 0 Å². The second-order valence-corrected chi connectivity index (χ2v) is 7.52. The first kappa shape index (κ1) is 15.1. The van der Waals surface area contributed by atoms with E-state index in [0.717, 1.165) is 18.4 Å². The average molecular weight is 286 g/mol. The highest BCUT2D eigenvalue weighted by molar-refractivity contribution is 5.39. The van der Waals surface area contributed by atoms with E-state index in [1.54, 1.807) is 0 Å². The molecule has 1 unspecified atom stereocenters. The van der Waals surface area contributed by atoms with Gasteiger partial charge in [0.05, 0.1) is 0 Å². The Morgan fingerprint density at radius 1 is 1.00 bits per heavy atom. The molecular formula is C19H30N2. The Hall–Kier alpha value is -0.860. The number of nitrogens with two attached hydrogens (primary N) is 1. The molecule has 0 radical (unpaired) electrons. The molecule has 116 valence electrons. The molecule has 1 atom stereocenters. The highest BCUT2D eigenvalue weighted by atomic mass is 15.1. The molecule has 2 heteroatoms. The van der Waals surface area contributed by atoms with Crippen LogP contribution in [0.25, 0.3) is 0 Å². The molecule has 0 aromatic heterocycles. The Labute approximate surface area is 129 Å². The molecule has 2 fully saturated rings. The van der Waals surface area contributed by atoms with Crippen molar-refractivity contribution in [1.29, 1.82) is 0 Å². The summed E-state index contributed by atoms with van der Waals surface area (Å²) in [5, 5.41) is 0. The van der Waals surface area contributed by atoms with Gasteiger partial charge in [0.1, 0.15) is 0 Å². The molecule has 0 amide bonds. The molecule has 0 bridgehead atoms. The third kappa shape index (κ3) is 4.08. The normalized spacial score (nSPS) is 20.0. The minimum Gasteiger partial charge on any atom is -0.323 e. The SMILES string of the molecule is Cc1cc(C)c(C(N)CN(CC2CC2)CC2CC2)c(C)c1. The predicted molar refractivity (Wildman–Crippen MR) is 89.5 cm³/mol. The predicted octanol–water partition coefficient (Wildman–Crippen LogP) is 3.73. The van der Waals surface area contributed by atoms with Crippen LogP contribution in [0.1, 0.15) is 54.0 Å². The second-order valence-electron chi connectivity index (χ2n) is 7.52. The van der Waals surface area contributed by atoms with Crippen LogP contribution in [-0.2, 0) is 0 Å². The first-order valence-corrected chi connectivity index (χ1v) is 8.58. The van der Waals surface area contributed by atoms with E-state index in [-0.39, 0.29) is 6.04 Å². The molecule has 0 aliphatic heterocycles. The number of rotatable bonds is 7. The van der Waals surface area contributed by atoms with Crippen LogP contribution in [0.2, 0.25) is 0 Å². The zero-order valence-electron chi connectivity index (χ0n) is 13.9. The van der Waals surface area contributed by atoms with E-state index in [1.165, 1.54) is 61.0 Å². The fourth-order valence-electron chi connectivity index (χ4n) is 3.70. The molecule has 2 nitrogen and oxygen atoms in total. The summed E-state index contributed by atoms with van der Waals surface area (Å²) in [6.45, 7) is 10.2. The average Bonchev–Trinajstić information content (AvgIpc) is 3.23. The van der Waals surface area contributed by atoms with Crippen molar-refractivity contribution in [1.82, 2.24) is 4.90 Å². The lowest BCUT2D eigenvalue weighted by Gasteiger charge is -2.27. The zero-order chi connectivity index (χ0) is 15.0. The number of benzene rings is 1. The molecule has 2 aliphatic rings. The fourth-order valence-corrected chi connectivity index (χ4v) is 3.70. The molecule has 2 saturated carbocycles. The van der Waals surface area contributed by atoms with Crippen molar-refractivity contribution in [2.75, 3.05) is 19.6 Å². The van der Waals surface area contributed by atoms with Gasteiger partial charge in [0.25, 0.3) is 0 Å². The van der Waals surface area contributed by atoms with Gasteiger partial charge in [-0.25, -0.2) is 0 Å². The fraction of sp³-hybridized carbons (Fsp3) is 0.684. The summed E-state index contributed by atoms with van der Waals surface area (Å²) in [6, 6.07) is 4.70. The van der Waals surface area contributed by atoms with Crippen LogP contribution >= 0.6 is 0 Å². The van der Waals surface area contributed by atoms with Crippen LogP contribution in [0.3, 0.4) is 0 Å². The molecule has 2 N–H and O–H groups in total. The number of hydrogen-bond acceptors (Lipinski definition) is 2. The van der Waals surface area contributed by atoms with Gasteiger partial charge in [0.2, 0.25) is 0 Å². The topological polar surface area (TPSA) is 29.3 Å². The molecule has 0 spiro atoms. The monoisotopic (exact) mass is 286 g/mol. The standard InChI is InChI=1S/C19H30N2/c1-13-8-14(2)19(15(3)9-13)18(20)12-21(10-16-4-5-16)11-17-6-7-17/h8-9,16-18H,4-7,10-12,20H2,1-3H3. The summed E-state index contributed by atoms with van der Waals surface area (Å²) in [5.41, 5.74) is 12.0. The smallest absolute Gasteiger partial charge is 0.0429 e.